The first kappa shape index (κ1) is 12.9. The lowest BCUT2D eigenvalue weighted by Crippen LogP contribution is -2.20. The van der Waals surface area contributed by atoms with Crippen molar-refractivity contribution in [2.24, 2.45) is 0 Å². The van der Waals surface area contributed by atoms with Gasteiger partial charge < -0.3 is 9.73 Å². The van der Waals surface area contributed by atoms with E-state index in [1.54, 1.807) is 0 Å². The Morgan fingerprint density at radius 3 is 2.83 bits per heavy atom. The van der Waals surface area contributed by atoms with Crippen molar-refractivity contribution in [2.45, 2.75) is 46.8 Å². The third-order valence-electron chi connectivity index (χ3n) is 3.24. The van der Waals surface area contributed by atoms with E-state index in [9.17, 15) is 0 Å². The highest BCUT2D eigenvalue weighted by Gasteiger charge is 2.12. The molecular formula is C14H21N3O. The number of hydrogen-bond donors (Lipinski definition) is 1. The summed E-state index contributed by atoms with van der Waals surface area (Å²) >= 11 is 0. The molecule has 0 radical (unpaired) electrons. The zero-order valence-corrected chi connectivity index (χ0v) is 11.5. The van der Waals surface area contributed by atoms with E-state index in [1.807, 2.05) is 24.7 Å². The molecule has 2 aromatic rings. The first-order chi connectivity index (χ1) is 8.61. The Labute approximate surface area is 108 Å². The summed E-state index contributed by atoms with van der Waals surface area (Å²) in [6, 6.07) is 4.43. The molecule has 0 bridgehead atoms. The van der Waals surface area contributed by atoms with Crippen molar-refractivity contribution >= 4 is 0 Å². The van der Waals surface area contributed by atoms with Crippen molar-refractivity contribution < 1.29 is 4.42 Å². The monoisotopic (exact) mass is 247 g/mol. The minimum atomic E-state index is 0.280. The van der Waals surface area contributed by atoms with Crippen LogP contribution in [0.4, 0.5) is 0 Å². The van der Waals surface area contributed by atoms with Crippen molar-refractivity contribution in [3.63, 3.8) is 0 Å². The number of furan rings is 1. The molecule has 0 aliphatic heterocycles. The lowest BCUT2D eigenvalue weighted by atomic mass is 10.1. The van der Waals surface area contributed by atoms with Gasteiger partial charge in [-0.2, -0.15) is 5.10 Å². The zero-order chi connectivity index (χ0) is 13.1. The summed E-state index contributed by atoms with van der Waals surface area (Å²) in [5.41, 5.74) is 2.44. The van der Waals surface area contributed by atoms with Gasteiger partial charge in [0, 0.05) is 30.9 Å². The van der Waals surface area contributed by atoms with E-state index in [-0.39, 0.29) is 6.04 Å². The summed E-state index contributed by atoms with van der Waals surface area (Å²) in [6.07, 6.45) is 1.85. The summed E-state index contributed by atoms with van der Waals surface area (Å²) in [6.45, 7) is 9.97. The van der Waals surface area contributed by atoms with Crippen molar-refractivity contribution in [3.05, 3.63) is 41.1 Å². The van der Waals surface area contributed by atoms with Gasteiger partial charge in [0.1, 0.15) is 11.5 Å². The molecule has 0 saturated heterocycles. The van der Waals surface area contributed by atoms with Gasteiger partial charge in [-0.15, -0.1) is 0 Å². The van der Waals surface area contributed by atoms with Crippen LogP contribution in [0.15, 0.2) is 22.7 Å². The van der Waals surface area contributed by atoms with E-state index in [1.165, 1.54) is 11.3 Å². The van der Waals surface area contributed by atoms with Crippen molar-refractivity contribution in [3.8, 4) is 0 Å². The summed E-state index contributed by atoms with van der Waals surface area (Å²) in [4.78, 5) is 0. The van der Waals surface area contributed by atoms with E-state index >= 15 is 0 Å². The second kappa shape index (κ2) is 5.40. The number of nitrogens with one attached hydrogen (secondary N) is 1. The maximum atomic E-state index is 5.56. The molecule has 4 nitrogen and oxygen atoms in total. The highest BCUT2D eigenvalue weighted by atomic mass is 16.3. The number of rotatable bonds is 5. The summed E-state index contributed by atoms with van der Waals surface area (Å²) in [5, 5.41) is 7.77. The second-order valence-corrected chi connectivity index (χ2v) is 4.61. The van der Waals surface area contributed by atoms with Crippen LogP contribution in [-0.2, 0) is 13.1 Å². The Kier molecular flexibility index (Phi) is 3.87. The van der Waals surface area contributed by atoms with E-state index in [0.717, 1.165) is 24.6 Å². The Hall–Kier alpha value is -1.55. The summed E-state index contributed by atoms with van der Waals surface area (Å²) in [7, 11) is 0. The molecule has 1 N–H and O–H groups in total. The van der Waals surface area contributed by atoms with Crippen LogP contribution in [0.5, 0.6) is 0 Å². The Bertz CT molecular complexity index is 513. The van der Waals surface area contributed by atoms with Gasteiger partial charge in [-0.3, -0.25) is 4.68 Å². The van der Waals surface area contributed by atoms with Crippen LogP contribution < -0.4 is 5.32 Å². The lowest BCUT2D eigenvalue weighted by Gasteiger charge is -2.13. The molecule has 0 aliphatic rings. The molecule has 0 fully saturated rings. The van der Waals surface area contributed by atoms with Crippen LogP contribution in [-0.4, -0.2) is 9.78 Å². The molecule has 0 spiro atoms. The minimum Gasteiger partial charge on any atom is -0.466 e. The third-order valence-corrected chi connectivity index (χ3v) is 3.24. The van der Waals surface area contributed by atoms with Gasteiger partial charge in [0.2, 0.25) is 0 Å². The predicted molar refractivity (Wildman–Crippen MR) is 71.3 cm³/mol. The van der Waals surface area contributed by atoms with Crippen molar-refractivity contribution in [1.29, 1.82) is 0 Å². The van der Waals surface area contributed by atoms with Crippen LogP contribution in [0.1, 0.15) is 42.7 Å². The normalized spacial score (nSPS) is 12.9. The Balaban J connectivity index is 2.00. The number of aryl methyl sites for hydroxylation is 3. The summed E-state index contributed by atoms with van der Waals surface area (Å²) < 4.78 is 7.57. The topological polar surface area (TPSA) is 43.0 Å². The van der Waals surface area contributed by atoms with Gasteiger partial charge in [-0.05, 0) is 39.8 Å². The van der Waals surface area contributed by atoms with Gasteiger partial charge in [0.25, 0.3) is 0 Å². The standard InChI is InChI=1S/C14H21N3O/c1-5-17-13(6-7-16-17)9-15-11(3)14-8-10(2)18-12(14)4/h6-8,11,15H,5,9H2,1-4H3. The minimum absolute atomic E-state index is 0.280. The maximum absolute atomic E-state index is 5.56. The fraction of sp³-hybridized carbons (Fsp3) is 0.500. The number of nitrogens with zero attached hydrogens (tertiary/aromatic N) is 2. The third kappa shape index (κ3) is 2.64. The van der Waals surface area contributed by atoms with Gasteiger partial charge in [0.05, 0.1) is 5.69 Å². The molecule has 4 heteroatoms. The van der Waals surface area contributed by atoms with Gasteiger partial charge in [0.15, 0.2) is 0 Å². The fourth-order valence-corrected chi connectivity index (χ4v) is 2.24. The second-order valence-electron chi connectivity index (χ2n) is 4.61. The molecule has 0 saturated carbocycles. The highest BCUT2D eigenvalue weighted by Crippen LogP contribution is 2.21. The molecule has 2 heterocycles. The molecule has 0 aromatic carbocycles. The zero-order valence-electron chi connectivity index (χ0n) is 11.5. The van der Waals surface area contributed by atoms with Crippen LogP contribution in [0.3, 0.4) is 0 Å². The van der Waals surface area contributed by atoms with Crippen molar-refractivity contribution in [2.75, 3.05) is 0 Å². The molecule has 0 aliphatic carbocycles. The van der Waals surface area contributed by atoms with E-state index < -0.39 is 0 Å². The maximum Gasteiger partial charge on any atom is 0.105 e. The largest absolute Gasteiger partial charge is 0.466 e. The fourth-order valence-electron chi connectivity index (χ4n) is 2.24. The highest BCUT2D eigenvalue weighted by molar-refractivity contribution is 5.23. The molecule has 1 unspecified atom stereocenters. The van der Waals surface area contributed by atoms with Gasteiger partial charge in [-0.1, -0.05) is 0 Å². The van der Waals surface area contributed by atoms with Crippen LogP contribution >= 0.6 is 0 Å². The molecule has 18 heavy (non-hydrogen) atoms. The van der Waals surface area contributed by atoms with Crippen LogP contribution in [0.2, 0.25) is 0 Å². The lowest BCUT2D eigenvalue weighted by molar-refractivity contribution is 0.485. The van der Waals surface area contributed by atoms with Crippen LogP contribution in [0.25, 0.3) is 0 Å². The quantitative estimate of drug-likeness (QED) is 0.883. The SMILES string of the molecule is CCn1nccc1CNC(C)c1cc(C)oc1C. The number of aromatic nitrogens is 2. The molecule has 2 aromatic heterocycles. The molecule has 2 rings (SSSR count). The summed E-state index contributed by atoms with van der Waals surface area (Å²) in [5.74, 6) is 1.96. The van der Waals surface area contributed by atoms with Gasteiger partial charge in [-0.25, -0.2) is 0 Å². The number of hydrogen-bond acceptors (Lipinski definition) is 3. The van der Waals surface area contributed by atoms with Crippen LogP contribution in [0, 0.1) is 13.8 Å². The van der Waals surface area contributed by atoms with E-state index in [0.29, 0.717) is 0 Å². The van der Waals surface area contributed by atoms with Gasteiger partial charge >= 0.3 is 0 Å². The predicted octanol–water partition coefficient (Wildman–Crippen LogP) is 2.96. The Morgan fingerprint density at radius 2 is 2.22 bits per heavy atom. The average molecular weight is 247 g/mol. The first-order valence-electron chi connectivity index (χ1n) is 6.42. The van der Waals surface area contributed by atoms with E-state index in [4.69, 9.17) is 4.42 Å². The van der Waals surface area contributed by atoms with Crippen molar-refractivity contribution in [1.82, 2.24) is 15.1 Å². The first-order valence-corrected chi connectivity index (χ1v) is 6.42. The molecule has 0 amide bonds. The average Bonchev–Trinajstić information content (AvgIpc) is 2.92. The molecule has 1 atom stereocenters. The molecular weight excluding hydrogens is 226 g/mol. The van der Waals surface area contributed by atoms with E-state index in [2.05, 4.69) is 36.4 Å². The molecule has 98 valence electrons. The smallest absolute Gasteiger partial charge is 0.105 e. The Morgan fingerprint density at radius 1 is 1.44 bits per heavy atom.